The van der Waals surface area contributed by atoms with Crippen molar-refractivity contribution >= 4 is 47.0 Å². The second kappa shape index (κ2) is 41.4. The quantitative estimate of drug-likeness (QED) is 0.0464. The number of carbonyl (C=O) groups is 8. The average Bonchev–Trinajstić information content (AvgIpc) is 1.47. The molecule has 12 heteroatoms. The van der Waals surface area contributed by atoms with Crippen molar-refractivity contribution in [1.29, 1.82) is 0 Å². The molecule has 4 unspecified atom stereocenters. The lowest BCUT2D eigenvalue weighted by Crippen LogP contribution is -2.56. The van der Waals surface area contributed by atoms with Gasteiger partial charge in [-0.1, -0.05) is 258 Å². The fourth-order valence-corrected chi connectivity index (χ4v) is 31.6. The summed E-state index contributed by atoms with van der Waals surface area (Å²) >= 11 is 0. The molecule has 0 bridgehead atoms. The van der Waals surface area contributed by atoms with E-state index in [2.05, 4.69) is 13.8 Å². The minimum absolute atomic E-state index is 0.0382. The van der Waals surface area contributed by atoms with Gasteiger partial charge in [0.1, 0.15) is 22.4 Å². The Kier molecular flexibility index (Phi) is 20.3. The maximum absolute atomic E-state index is 13.4. The molecule has 0 aromatic heterocycles. The maximum atomic E-state index is 13.4. The highest BCUT2D eigenvalue weighted by atomic mass is 16.6. The molecule has 134 heavy (non-hydrogen) atoms. The van der Waals surface area contributed by atoms with Crippen LogP contribution in [0.3, 0.4) is 0 Å². The number of allylic oxidation sites excluding steroid dienone is 4. The Morgan fingerprint density at radius 3 is 0.881 bits per heavy atom. The number of ether oxygens (including phenoxy) is 4. The van der Waals surface area contributed by atoms with E-state index in [4.69, 9.17) is 68.3 Å². The van der Waals surface area contributed by atoms with Crippen LogP contribution in [0.15, 0.2) is 76.9 Å². The number of aryl methyl sites for hydroxylation is 1. The van der Waals surface area contributed by atoms with Crippen molar-refractivity contribution in [2.45, 2.75) is 486 Å². The highest BCUT2D eigenvalue weighted by Crippen LogP contribution is 2.75. The van der Waals surface area contributed by atoms with E-state index in [1.165, 1.54) is 50.0 Å². The minimum atomic E-state index is -2.93. The first-order chi connectivity index (χ1) is 78.6. The lowest BCUT2D eigenvalue weighted by Gasteiger charge is -2.59. The number of unbranched alkanes of at least 4 members (excludes halogenated alkanes) is 13. The van der Waals surface area contributed by atoms with Crippen molar-refractivity contribution in [3.8, 4) is 0 Å². The Balaban J connectivity index is 0.000000166. The van der Waals surface area contributed by atoms with Crippen molar-refractivity contribution in [1.82, 2.24) is 0 Å². The Hall–Kier alpha value is -5.26. The summed E-state index contributed by atoms with van der Waals surface area (Å²) in [6.45, 7) is -21.1. The number of ketones is 4. The molecular weight excluding hydrogens is 1660 g/mol. The third-order valence-electron chi connectivity index (χ3n) is 39.1. The van der Waals surface area contributed by atoms with Crippen LogP contribution in [0, 0.1) is 144 Å². The van der Waals surface area contributed by atoms with Gasteiger partial charge in [0.15, 0.2) is 23.1 Å². The zero-order chi connectivity index (χ0) is 126. The first-order valence-electron chi connectivity index (χ1n) is 71.5. The molecule has 1 aromatic rings. The first-order valence-corrected chi connectivity index (χ1v) is 53.5. The molecule has 13 saturated carbocycles. The largest absolute Gasteiger partial charge is 0.458 e. The number of benzene rings is 1. The van der Waals surface area contributed by atoms with Crippen molar-refractivity contribution in [3.63, 3.8) is 0 Å². The van der Waals surface area contributed by atoms with Gasteiger partial charge in [-0.15, -0.1) is 0 Å². The Morgan fingerprint density at radius 2 is 0.597 bits per heavy atom. The predicted octanol–water partition coefficient (Wildman–Crippen LogP) is 30.5. The topological polar surface area (TPSA) is 173 Å². The molecule has 0 N–H and O–H groups in total. The summed E-state index contributed by atoms with van der Waals surface area (Å²) in [5, 5.41) is 0. The van der Waals surface area contributed by atoms with E-state index in [9.17, 15) is 38.4 Å². The fourth-order valence-electron chi connectivity index (χ4n) is 31.6. The van der Waals surface area contributed by atoms with Gasteiger partial charge in [0.2, 0.25) is 0 Å². The van der Waals surface area contributed by atoms with Gasteiger partial charge in [-0.2, -0.15) is 0 Å². The van der Waals surface area contributed by atoms with E-state index in [0.29, 0.717) is 105 Å². The third-order valence-corrected chi connectivity index (χ3v) is 39.1. The molecule has 17 aliphatic carbocycles. The summed E-state index contributed by atoms with van der Waals surface area (Å²) in [5.41, 5.74) is -17.7. The summed E-state index contributed by atoms with van der Waals surface area (Å²) in [6.07, 6.45) is 32.4. The van der Waals surface area contributed by atoms with Crippen LogP contribution < -0.4 is 0 Å². The fraction of sp³-hybridized carbons (Fsp3) is 0.820. The molecule has 18 rings (SSSR count). The molecule has 0 aliphatic heterocycles. The van der Waals surface area contributed by atoms with E-state index in [-0.39, 0.29) is 201 Å². The zero-order valence-corrected chi connectivity index (χ0v) is 81.9. The molecule has 0 spiro atoms. The number of hydrogen-bond donors (Lipinski definition) is 0. The van der Waals surface area contributed by atoms with Gasteiger partial charge in [-0.05, 0) is 359 Å². The first kappa shape index (κ1) is 65.8. The summed E-state index contributed by atoms with van der Waals surface area (Å²) in [6, 6.07) is 9.26. The second-order valence-corrected chi connectivity index (χ2v) is 46.3. The third kappa shape index (κ3) is 19.2. The van der Waals surface area contributed by atoms with E-state index in [0.717, 1.165) is 89.0 Å². The van der Waals surface area contributed by atoms with Crippen LogP contribution in [0.5, 0.6) is 0 Å². The van der Waals surface area contributed by atoms with E-state index in [1.54, 1.807) is 27.7 Å². The van der Waals surface area contributed by atoms with Crippen LogP contribution in [-0.2, 0) is 63.7 Å². The number of esters is 4. The van der Waals surface area contributed by atoms with Gasteiger partial charge in [0, 0.05) is 122 Å². The van der Waals surface area contributed by atoms with Gasteiger partial charge in [0.25, 0.3) is 0 Å². The van der Waals surface area contributed by atoms with Crippen molar-refractivity contribution in [3.05, 3.63) is 82.5 Å². The van der Waals surface area contributed by atoms with Crippen molar-refractivity contribution in [2.75, 3.05) is 0 Å². The molecule has 13 fully saturated rings. The lowest BCUT2D eigenvalue weighted by atomic mass is 9.46. The van der Waals surface area contributed by atoms with Gasteiger partial charge in [-0.3, -0.25) is 38.4 Å². The number of hydrogen-bond acceptors (Lipinski definition) is 12. The van der Waals surface area contributed by atoms with E-state index < -0.39 is 243 Å². The predicted molar refractivity (Wildman–Crippen MR) is 539 cm³/mol. The molecule has 17 aliphatic rings. The zero-order valence-electron chi connectivity index (χ0n) is 118. The number of rotatable bonds is 27. The Bertz CT molecular complexity index is 5910. The molecule has 0 amide bonds. The number of fused-ring (bicyclic) bond motifs is 20. The molecular formula is C122H186O12. The standard InChI is InChI=1S/C32H52O3.C31H50O3.C30H40O3.C29H44O3/c1-6-7-8-9-10-11-12-13-14-29(34)35-32(5)23(2)21-28-26-16-15-24-22-25(33)17-19-30(24,3)27(26)18-20-31(28,32)4;1-6-7-8-9-10-11-12-13-28(33)34-31(5)22(2)20-27-25-15-14-23-21-24(32)16-18-29(23,3)26(25)17-19-30(27,31)4;1-20-18-26-24-12-11-22-19-23(31)14-16-28(22,2)25(24)15-17-29(26,3)30(20,4)33-27(32)13-10-21-8-6-5-7-9-21;1-19-17-25-23-11-10-21-18-22(30)13-15-27(21,2)24(23)14-16-28(25,3)29(19,4)32-26(31)12-9-20-7-5-6-8-20/h22-23,26-28H,6-21H2,1-5H3;21-22,25-27H,6-20H2,1-5H3;5-9,19-20,24-26H,10-18H2,1-4H3;18-20,23-25H,5-17H2,1-4H3/t23?,26-,27+,28+,30+,31+,32+;22?,25-,26+,27+,29+,30+,31+;20?,24-,25+,26+,28+,29+,30+;19?,23-,24+,25+,27+,28+,29+/m1111/s1/i2*3D3,4D3,5D3;2*2D3,3D3,4D3. The van der Waals surface area contributed by atoms with Crippen LogP contribution in [0.1, 0.15) is 513 Å². The SMILES string of the molecule is [2H]C([2H])([2H])[C@]1(OC(=O)CCC2CCCC2)C(C)C[C@H]2[C@@H]3CCC4=CC(=O)CC[C@]4(C([2H])([2H])[2H])[C@H]3CC[C@@]21C([2H])([2H])[2H].[2H]C([2H])([2H])[C@]1(OC(=O)CCCCCCCCC)C(C)C[C@H]2[C@@H]3CCC4=CC(=O)CC[C@]4(C([2H])([2H])[2H])[C@H]3CC[C@@]21C([2H])([2H])[2H].[2H]C([2H])([2H])[C@]1(OC(=O)CCCCCCCCCC)C(C)C[C@H]2[C@@H]3CCC4=CC(=O)CC[C@]4(C([2H])([2H])[2H])[C@H]3CC[C@@]21C([2H])([2H])[2H].[2H]C([2H])([2H])[C@]1(OC(=O)CCc2ccccc2)C(C)C[C@H]2[C@@H]3CCC4=CC(=O)CC[C@]4(C([2H])([2H])[2H])[C@H]3CC[C@@]21C([2H])([2H])[2H]. The number of carbonyl (C=O) groups excluding carboxylic acids is 8. The normalized spacial score (nSPS) is 47.6. The monoisotopic (exact) mass is 1880 g/mol. The summed E-state index contributed by atoms with van der Waals surface area (Å²) < 4.78 is 339. The van der Waals surface area contributed by atoms with Crippen molar-refractivity contribution in [2.24, 2.45) is 144 Å². The summed E-state index contributed by atoms with van der Waals surface area (Å²) in [4.78, 5) is 103. The van der Waals surface area contributed by atoms with Gasteiger partial charge < -0.3 is 18.9 Å². The van der Waals surface area contributed by atoms with Crippen LogP contribution in [0.2, 0.25) is 0 Å². The van der Waals surface area contributed by atoms with Gasteiger partial charge in [0.05, 0.1) is 0 Å². The van der Waals surface area contributed by atoms with E-state index >= 15 is 0 Å². The molecule has 12 nitrogen and oxygen atoms in total. The van der Waals surface area contributed by atoms with Gasteiger partial charge in [-0.25, -0.2) is 0 Å². The molecule has 0 radical (unpaired) electrons. The van der Waals surface area contributed by atoms with Crippen LogP contribution in [0.4, 0.5) is 0 Å². The Morgan fingerprint density at radius 1 is 0.313 bits per heavy atom. The molecule has 746 valence electrons. The van der Waals surface area contributed by atoms with Gasteiger partial charge >= 0.3 is 23.9 Å². The molecule has 28 atom stereocenters. The van der Waals surface area contributed by atoms with Crippen LogP contribution in [-0.4, -0.2) is 69.4 Å². The van der Waals surface area contributed by atoms with E-state index in [1.807, 2.05) is 30.3 Å². The highest BCUT2D eigenvalue weighted by Gasteiger charge is 2.72. The molecule has 1 aromatic carbocycles. The highest BCUT2D eigenvalue weighted by molar-refractivity contribution is 5.93. The molecule has 0 heterocycles. The summed E-state index contributed by atoms with van der Waals surface area (Å²) in [7, 11) is 0. The smallest absolute Gasteiger partial charge is 0.306 e. The van der Waals surface area contributed by atoms with Crippen LogP contribution in [0.25, 0.3) is 0 Å². The minimum Gasteiger partial charge on any atom is -0.458 e. The summed E-state index contributed by atoms with van der Waals surface area (Å²) in [5.74, 6) is -11.5. The second-order valence-electron chi connectivity index (χ2n) is 46.3. The van der Waals surface area contributed by atoms with Crippen LogP contribution >= 0.6 is 0 Å². The maximum Gasteiger partial charge on any atom is 0.306 e. The van der Waals surface area contributed by atoms with Crippen molar-refractivity contribution < 1.29 is 107 Å². The Labute approximate surface area is 863 Å². The average molecular weight is 1880 g/mol. The molecule has 0 saturated heterocycles. The lowest BCUT2D eigenvalue weighted by molar-refractivity contribution is -0.187.